The van der Waals surface area contributed by atoms with E-state index in [0.717, 1.165) is 52.5 Å². The average molecular weight is 771 g/mol. The van der Waals surface area contributed by atoms with Crippen LogP contribution in [-0.2, 0) is 30.4 Å². The minimum Gasteiger partial charge on any atom is -0.356 e. The van der Waals surface area contributed by atoms with Crippen molar-refractivity contribution in [2.24, 2.45) is 4.99 Å². The van der Waals surface area contributed by atoms with Crippen molar-refractivity contribution in [2.75, 3.05) is 11.9 Å². The number of hydrogen-bond donors (Lipinski definition) is 4. The molecule has 6 rings (SSSR count). The summed E-state index contributed by atoms with van der Waals surface area (Å²) in [6.07, 6.45) is 4.08. The number of aromatic nitrogens is 3. The molecule has 4 aromatic rings. The van der Waals surface area contributed by atoms with Gasteiger partial charge in [0.15, 0.2) is 5.82 Å². The number of halogens is 1. The summed E-state index contributed by atoms with van der Waals surface area (Å²) in [6.45, 7) is 6.60. The highest BCUT2D eigenvalue weighted by molar-refractivity contribution is 7.15. The van der Waals surface area contributed by atoms with Gasteiger partial charge in [-0.1, -0.05) is 48.7 Å². The van der Waals surface area contributed by atoms with Gasteiger partial charge in [0.2, 0.25) is 29.5 Å². The molecule has 1 fully saturated rings. The van der Waals surface area contributed by atoms with Crippen molar-refractivity contribution in [3.63, 3.8) is 0 Å². The van der Waals surface area contributed by atoms with Gasteiger partial charge in [-0.15, -0.1) is 21.5 Å². The molecule has 15 heteroatoms. The highest BCUT2D eigenvalue weighted by atomic mass is 35.5. The third-order valence-electron chi connectivity index (χ3n) is 9.54. The summed E-state index contributed by atoms with van der Waals surface area (Å²) >= 11 is 7.88. The topological polar surface area (TPSA) is 177 Å². The number of anilines is 1. The Labute approximate surface area is 322 Å². The van der Waals surface area contributed by atoms with Crippen molar-refractivity contribution in [3.8, 4) is 5.00 Å². The Morgan fingerprint density at radius 2 is 1.74 bits per heavy atom. The van der Waals surface area contributed by atoms with Gasteiger partial charge >= 0.3 is 0 Å². The Bertz CT molecular complexity index is 2110. The number of carbonyl (C=O) groups excluding carboxylic acids is 5. The van der Waals surface area contributed by atoms with Gasteiger partial charge in [0.25, 0.3) is 0 Å². The molecular weight excluding hydrogens is 728 g/mol. The van der Waals surface area contributed by atoms with Crippen LogP contribution in [0, 0.1) is 20.8 Å². The molecule has 0 aliphatic carbocycles. The van der Waals surface area contributed by atoms with Crippen molar-refractivity contribution < 1.29 is 24.0 Å². The van der Waals surface area contributed by atoms with Crippen LogP contribution >= 0.6 is 22.9 Å². The number of piperidine rings is 1. The summed E-state index contributed by atoms with van der Waals surface area (Å²) in [5.41, 5.74) is 5.14. The molecule has 282 valence electrons. The Morgan fingerprint density at radius 3 is 2.52 bits per heavy atom. The third-order valence-corrected chi connectivity index (χ3v) is 11.0. The number of amides is 5. The van der Waals surface area contributed by atoms with E-state index in [1.54, 1.807) is 35.6 Å². The fourth-order valence-corrected chi connectivity index (χ4v) is 7.96. The first-order valence-corrected chi connectivity index (χ1v) is 19.3. The van der Waals surface area contributed by atoms with Crippen LogP contribution in [0.15, 0.2) is 53.5 Å². The molecule has 0 bridgehead atoms. The fourth-order valence-electron chi connectivity index (χ4n) is 6.62. The number of thiophene rings is 1. The maximum atomic E-state index is 13.3. The molecule has 2 aliphatic rings. The first-order chi connectivity index (χ1) is 26.0. The first-order valence-electron chi connectivity index (χ1n) is 18.1. The van der Waals surface area contributed by atoms with Gasteiger partial charge in [-0.05, 0) is 75.4 Å². The van der Waals surface area contributed by atoms with E-state index in [-0.39, 0.29) is 49.3 Å². The minimum absolute atomic E-state index is 0.0345. The summed E-state index contributed by atoms with van der Waals surface area (Å²) in [4.78, 5) is 68.0. The molecule has 2 aromatic heterocycles. The molecule has 0 spiro atoms. The van der Waals surface area contributed by atoms with E-state index < -0.39 is 18.0 Å². The SMILES string of the molecule is Cc1sc2c(c1C)C(c1ccc(Cl)cc1)=N[C@@H](CC(=O)NCCCCCCC(=O)Nc1cccc(CC(=O)NC3CCC(=O)NC3=O)c1)c1nnc(C)n1-2. The largest absolute Gasteiger partial charge is 0.356 e. The van der Waals surface area contributed by atoms with Gasteiger partial charge in [0, 0.05) is 46.1 Å². The maximum absolute atomic E-state index is 13.3. The summed E-state index contributed by atoms with van der Waals surface area (Å²) in [7, 11) is 0. The molecule has 13 nitrogen and oxygen atoms in total. The molecule has 4 N–H and O–H groups in total. The van der Waals surface area contributed by atoms with Crippen LogP contribution in [0.25, 0.3) is 5.00 Å². The van der Waals surface area contributed by atoms with E-state index in [4.69, 9.17) is 16.6 Å². The zero-order chi connectivity index (χ0) is 38.4. The average Bonchev–Trinajstić information content (AvgIpc) is 3.61. The lowest BCUT2D eigenvalue weighted by atomic mass is 9.99. The number of imide groups is 1. The van der Waals surface area contributed by atoms with Gasteiger partial charge in [-0.2, -0.15) is 0 Å². The van der Waals surface area contributed by atoms with Crippen LogP contribution < -0.4 is 21.3 Å². The molecule has 2 atom stereocenters. The number of carbonyl (C=O) groups is 5. The molecule has 2 aromatic carbocycles. The molecule has 1 unspecified atom stereocenters. The highest BCUT2D eigenvalue weighted by Crippen LogP contribution is 2.39. The number of rotatable bonds is 14. The molecule has 54 heavy (non-hydrogen) atoms. The van der Waals surface area contributed by atoms with Crippen molar-refractivity contribution in [2.45, 2.75) is 90.6 Å². The Balaban J connectivity index is 0.946. The quantitative estimate of drug-likeness (QED) is 0.0986. The van der Waals surface area contributed by atoms with Crippen LogP contribution in [0.5, 0.6) is 0 Å². The van der Waals surface area contributed by atoms with Crippen molar-refractivity contribution in [3.05, 3.63) is 92.3 Å². The Kier molecular flexibility index (Phi) is 12.3. The van der Waals surface area contributed by atoms with Crippen molar-refractivity contribution in [1.29, 1.82) is 0 Å². The van der Waals surface area contributed by atoms with E-state index >= 15 is 0 Å². The van der Waals surface area contributed by atoms with E-state index in [1.165, 1.54) is 4.88 Å². The summed E-state index contributed by atoms with van der Waals surface area (Å²) in [6, 6.07) is 13.3. The molecule has 0 saturated carbocycles. The standard InChI is InChI=1S/C39H43ClN8O5S/c1-22-23(2)54-39-35(22)36(26-12-14-27(40)15-13-26)44-30(37-47-46-24(3)48(37)39)21-33(51)41-18-7-5-4-6-11-31(49)42-28-10-8-9-25(19-28)20-34(52)43-29-16-17-32(50)45-38(29)53/h8-10,12-15,19,29-30H,4-7,11,16-18,20-21H2,1-3H3,(H,41,51)(H,42,49)(H,43,52)(H,45,50,53)/t29?,30-/m0/s1. The molecule has 4 heterocycles. The monoisotopic (exact) mass is 770 g/mol. The number of fused-ring (bicyclic) bond motifs is 3. The maximum Gasteiger partial charge on any atom is 0.249 e. The normalized spacial score (nSPS) is 16.4. The van der Waals surface area contributed by atoms with Crippen LogP contribution in [-0.4, -0.2) is 62.6 Å². The zero-order valence-electron chi connectivity index (χ0n) is 30.5. The molecular formula is C39H43ClN8O5S. The lowest BCUT2D eigenvalue weighted by Gasteiger charge is -2.21. The number of nitrogens with zero attached hydrogens (tertiary/aromatic N) is 4. The Morgan fingerprint density at radius 1 is 0.963 bits per heavy atom. The number of nitrogens with one attached hydrogen (secondary N) is 4. The predicted octanol–water partition coefficient (Wildman–Crippen LogP) is 5.36. The van der Waals surface area contributed by atoms with E-state index in [9.17, 15) is 24.0 Å². The lowest BCUT2D eigenvalue weighted by Crippen LogP contribution is -2.52. The number of benzene rings is 2. The lowest BCUT2D eigenvalue weighted by molar-refractivity contribution is -0.137. The zero-order valence-corrected chi connectivity index (χ0v) is 32.0. The van der Waals surface area contributed by atoms with Gasteiger partial charge in [0.1, 0.15) is 22.9 Å². The van der Waals surface area contributed by atoms with Gasteiger partial charge in [-0.25, -0.2) is 0 Å². The fraction of sp³-hybridized carbons (Fsp3) is 0.385. The van der Waals surface area contributed by atoms with Crippen LogP contribution in [0.2, 0.25) is 5.02 Å². The second-order valence-electron chi connectivity index (χ2n) is 13.6. The summed E-state index contributed by atoms with van der Waals surface area (Å²) < 4.78 is 2.03. The second-order valence-corrected chi connectivity index (χ2v) is 15.3. The summed E-state index contributed by atoms with van der Waals surface area (Å²) in [5.74, 6) is -0.0636. The van der Waals surface area contributed by atoms with Crippen LogP contribution in [0.3, 0.4) is 0 Å². The minimum atomic E-state index is -0.733. The van der Waals surface area contributed by atoms with Gasteiger partial charge in [0.05, 0.1) is 18.6 Å². The number of hydrogen-bond acceptors (Lipinski definition) is 9. The molecule has 5 amide bonds. The predicted molar refractivity (Wildman–Crippen MR) is 207 cm³/mol. The van der Waals surface area contributed by atoms with E-state index in [2.05, 4.69) is 45.3 Å². The van der Waals surface area contributed by atoms with Gasteiger partial charge in [-0.3, -0.25) is 38.8 Å². The number of aryl methyl sites for hydroxylation is 2. The smallest absolute Gasteiger partial charge is 0.249 e. The number of unbranched alkanes of at least 4 members (excludes halogenated alkanes) is 3. The highest BCUT2D eigenvalue weighted by Gasteiger charge is 2.32. The summed E-state index contributed by atoms with van der Waals surface area (Å²) in [5, 5.41) is 21.3. The second kappa shape index (κ2) is 17.3. The van der Waals surface area contributed by atoms with Crippen LogP contribution in [0.1, 0.15) is 96.2 Å². The third kappa shape index (κ3) is 9.29. The van der Waals surface area contributed by atoms with Crippen molar-refractivity contribution >= 4 is 63.9 Å². The first kappa shape index (κ1) is 38.5. The van der Waals surface area contributed by atoms with Crippen molar-refractivity contribution in [1.82, 2.24) is 30.7 Å². The Hall–Kier alpha value is -5.21. The van der Waals surface area contributed by atoms with Gasteiger partial charge < -0.3 is 16.0 Å². The van der Waals surface area contributed by atoms with Crippen LogP contribution in [0.4, 0.5) is 5.69 Å². The number of aliphatic imine (C=N–C) groups is 1. The van der Waals surface area contributed by atoms with E-state index in [0.29, 0.717) is 41.5 Å². The van der Waals surface area contributed by atoms with E-state index in [1.807, 2.05) is 35.8 Å². The molecule has 1 saturated heterocycles. The molecule has 0 radical (unpaired) electrons. The molecule has 2 aliphatic heterocycles.